The molecule has 1 aliphatic carbocycles. The second kappa shape index (κ2) is 5.70. The molecule has 6 heteroatoms. The van der Waals surface area contributed by atoms with E-state index in [9.17, 15) is 4.79 Å². The van der Waals surface area contributed by atoms with Crippen LogP contribution in [-0.4, -0.2) is 36.7 Å². The van der Waals surface area contributed by atoms with Crippen molar-refractivity contribution in [3.8, 4) is 0 Å². The first-order chi connectivity index (χ1) is 10.8. The highest BCUT2D eigenvalue weighted by Gasteiger charge is 2.28. The molecule has 2 fully saturated rings. The number of benzene rings is 1. The highest BCUT2D eigenvalue weighted by atomic mass is 16.5. The SMILES string of the molecule is O=C(CC1CNCCO1)Nc1ccc2oc(C3CC3)nc2c1. The van der Waals surface area contributed by atoms with Crippen LogP contribution >= 0.6 is 0 Å². The topological polar surface area (TPSA) is 76.4 Å². The molecule has 22 heavy (non-hydrogen) atoms. The number of morpholine rings is 1. The van der Waals surface area contributed by atoms with E-state index in [0.29, 0.717) is 18.9 Å². The lowest BCUT2D eigenvalue weighted by Crippen LogP contribution is -2.40. The molecule has 1 saturated heterocycles. The van der Waals surface area contributed by atoms with Gasteiger partial charge in [-0.05, 0) is 31.0 Å². The zero-order valence-electron chi connectivity index (χ0n) is 12.3. The predicted molar refractivity (Wildman–Crippen MR) is 81.8 cm³/mol. The summed E-state index contributed by atoms with van der Waals surface area (Å²) in [4.78, 5) is 16.6. The number of amides is 1. The summed E-state index contributed by atoms with van der Waals surface area (Å²) in [5.74, 6) is 1.26. The maximum absolute atomic E-state index is 12.1. The molecule has 2 aromatic rings. The summed E-state index contributed by atoms with van der Waals surface area (Å²) in [6.07, 6.45) is 2.63. The van der Waals surface area contributed by atoms with E-state index in [0.717, 1.165) is 48.6 Å². The first-order valence-corrected chi connectivity index (χ1v) is 7.80. The smallest absolute Gasteiger partial charge is 0.227 e. The van der Waals surface area contributed by atoms with Gasteiger partial charge in [-0.25, -0.2) is 4.98 Å². The number of carbonyl (C=O) groups excluding carboxylic acids is 1. The van der Waals surface area contributed by atoms with Crippen LogP contribution in [0.25, 0.3) is 11.1 Å². The van der Waals surface area contributed by atoms with Crippen molar-refractivity contribution < 1.29 is 13.9 Å². The molecular weight excluding hydrogens is 282 g/mol. The minimum Gasteiger partial charge on any atom is -0.440 e. The van der Waals surface area contributed by atoms with Crippen LogP contribution in [0.1, 0.15) is 31.1 Å². The zero-order valence-corrected chi connectivity index (χ0v) is 12.3. The molecule has 4 rings (SSSR count). The lowest BCUT2D eigenvalue weighted by atomic mass is 10.2. The molecule has 1 saturated carbocycles. The van der Waals surface area contributed by atoms with Gasteiger partial charge in [-0.15, -0.1) is 0 Å². The number of hydrogen-bond acceptors (Lipinski definition) is 5. The molecule has 1 aliphatic heterocycles. The third-order valence-corrected chi connectivity index (χ3v) is 4.03. The number of oxazole rings is 1. The molecule has 1 unspecified atom stereocenters. The zero-order chi connectivity index (χ0) is 14.9. The number of carbonyl (C=O) groups is 1. The van der Waals surface area contributed by atoms with Crippen molar-refractivity contribution in [3.63, 3.8) is 0 Å². The van der Waals surface area contributed by atoms with Crippen molar-refractivity contribution >= 4 is 22.7 Å². The van der Waals surface area contributed by atoms with Crippen LogP contribution in [0.4, 0.5) is 5.69 Å². The Bertz CT molecular complexity index is 687. The summed E-state index contributed by atoms with van der Waals surface area (Å²) in [5, 5.41) is 6.13. The number of rotatable bonds is 4. The molecule has 2 aliphatic rings. The summed E-state index contributed by atoms with van der Waals surface area (Å²) in [5.41, 5.74) is 2.33. The van der Waals surface area contributed by atoms with E-state index in [1.165, 1.54) is 0 Å². The lowest BCUT2D eigenvalue weighted by molar-refractivity contribution is -0.119. The molecule has 6 nitrogen and oxygen atoms in total. The molecule has 116 valence electrons. The quantitative estimate of drug-likeness (QED) is 0.903. The summed E-state index contributed by atoms with van der Waals surface area (Å²) in [6, 6.07) is 5.58. The van der Waals surface area contributed by atoms with E-state index >= 15 is 0 Å². The van der Waals surface area contributed by atoms with Gasteiger partial charge in [0.05, 0.1) is 19.1 Å². The summed E-state index contributed by atoms with van der Waals surface area (Å²) >= 11 is 0. The van der Waals surface area contributed by atoms with Gasteiger partial charge in [0.1, 0.15) is 5.52 Å². The summed E-state index contributed by atoms with van der Waals surface area (Å²) in [6.45, 7) is 2.23. The summed E-state index contributed by atoms with van der Waals surface area (Å²) < 4.78 is 11.3. The van der Waals surface area contributed by atoms with Crippen molar-refractivity contribution in [2.24, 2.45) is 0 Å². The first kappa shape index (κ1) is 13.7. The highest BCUT2D eigenvalue weighted by molar-refractivity contribution is 5.93. The van der Waals surface area contributed by atoms with Crippen molar-refractivity contribution in [1.29, 1.82) is 0 Å². The molecule has 0 spiro atoms. The van der Waals surface area contributed by atoms with Gasteiger partial charge in [-0.3, -0.25) is 4.79 Å². The second-order valence-corrected chi connectivity index (χ2v) is 5.96. The molecule has 1 amide bonds. The maximum atomic E-state index is 12.1. The minimum atomic E-state index is -0.0500. The van der Waals surface area contributed by atoms with Crippen LogP contribution in [-0.2, 0) is 9.53 Å². The number of nitrogens with one attached hydrogen (secondary N) is 2. The minimum absolute atomic E-state index is 0.0426. The van der Waals surface area contributed by atoms with Gasteiger partial charge in [-0.1, -0.05) is 0 Å². The summed E-state index contributed by atoms with van der Waals surface area (Å²) in [7, 11) is 0. The number of nitrogens with zero attached hydrogens (tertiary/aromatic N) is 1. The van der Waals surface area contributed by atoms with Crippen LogP contribution in [0.15, 0.2) is 22.6 Å². The fourth-order valence-corrected chi connectivity index (χ4v) is 2.70. The Morgan fingerprint density at radius 3 is 3.09 bits per heavy atom. The predicted octanol–water partition coefficient (Wildman–Crippen LogP) is 2.02. The molecule has 0 bridgehead atoms. The third kappa shape index (κ3) is 2.98. The number of anilines is 1. The normalized spacial score (nSPS) is 21.9. The van der Waals surface area contributed by atoms with E-state index in [1.807, 2.05) is 18.2 Å². The largest absolute Gasteiger partial charge is 0.440 e. The molecule has 0 radical (unpaired) electrons. The second-order valence-electron chi connectivity index (χ2n) is 5.96. The molecule has 1 aromatic heterocycles. The fourth-order valence-electron chi connectivity index (χ4n) is 2.70. The molecule has 2 N–H and O–H groups in total. The molecular formula is C16H19N3O3. The van der Waals surface area contributed by atoms with E-state index in [-0.39, 0.29) is 12.0 Å². The van der Waals surface area contributed by atoms with Gasteiger partial charge in [-0.2, -0.15) is 0 Å². The standard InChI is InChI=1S/C16H19N3O3/c20-15(8-12-9-17-5-6-21-12)18-11-3-4-14-13(7-11)19-16(22-14)10-1-2-10/h3-4,7,10,12,17H,1-2,5-6,8-9H2,(H,18,20). The van der Waals surface area contributed by atoms with Gasteiger partial charge in [0.25, 0.3) is 0 Å². The number of ether oxygens (including phenoxy) is 1. The van der Waals surface area contributed by atoms with E-state index in [1.54, 1.807) is 0 Å². The van der Waals surface area contributed by atoms with Gasteiger partial charge < -0.3 is 19.8 Å². The molecule has 1 aromatic carbocycles. The first-order valence-electron chi connectivity index (χ1n) is 7.80. The Morgan fingerprint density at radius 1 is 1.41 bits per heavy atom. The van der Waals surface area contributed by atoms with Gasteiger partial charge in [0.2, 0.25) is 5.91 Å². The number of aromatic nitrogens is 1. The highest BCUT2D eigenvalue weighted by Crippen LogP contribution is 2.40. The van der Waals surface area contributed by atoms with E-state index in [4.69, 9.17) is 9.15 Å². The Kier molecular flexibility index (Phi) is 3.56. The van der Waals surface area contributed by atoms with Crippen LogP contribution in [0.3, 0.4) is 0 Å². The average Bonchev–Trinajstić information content (AvgIpc) is 3.28. The van der Waals surface area contributed by atoms with Crippen molar-refractivity contribution in [2.75, 3.05) is 25.0 Å². The van der Waals surface area contributed by atoms with Crippen LogP contribution in [0, 0.1) is 0 Å². The molecule has 1 atom stereocenters. The Morgan fingerprint density at radius 2 is 2.32 bits per heavy atom. The Hall–Kier alpha value is -1.92. The average molecular weight is 301 g/mol. The number of fused-ring (bicyclic) bond motifs is 1. The van der Waals surface area contributed by atoms with Gasteiger partial charge in [0, 0.05) is 24.7 Å². The van der Waals surface area contributed by atoms with Crippen LogP contribution in [0.5, 0.6) is 0 Å². The van der Waals surface area contributed by atoms with E-state index in [2.05, 4.69) is 15.6 Å². The van der Waals surface area contributed by atoms with E-state index < -0.39 is 0 Å². The Balaban J connectivity index is 1.42. The monoisotopic (exact) mass is 301 g/mol. The van der Waals surface area contributed by atoms with Gasteiger partial charge in [0.15, 0.2) is 11.5 Å². The van der Waals surface area contributed by atoms with Gasteiger partial charge >= 0.3 is 0 Å². The molecule has 2 heterocycles. The van der Waals surface area contributed by atoms with Crippen LogP contribution < -0.4 is 10.6 Å². The van der Waals surface area contributed by atoms with Crippen molar-refractivity contribution in [1.82, 2.24) is 10.3 Å². The van der Waals surface area contributed by atoms with Crippen molar-refractivity contribution in [2.45, 2.75) is 31.3 Å². The fraction of sp³-hybridized carbons (Fsp3) is 0.500. The number of hydrogen-bond donors (Lipinski definition) is 2. The third-order valence-electron chi connectivity index (χ3n) is 4.03. The maximum Gasteiger partial charge on any atom is 0.227 e. The van der Waals surface area contributed by atoms with Crippen molar-refractivity contribution in [3.05, 3.63) is 24.1 Å². The van der Waals surface area contributed by atoms with Crippen LogP contribution in [0.2, 0.25) is 0 Å². The lowest BCUT2D eigenvalue weighted by Gasteiger charge is -2.23. The Labute approximate surface area is 128 Å².